The quantitative estimate of drug-likeness (QED) is 0.0261. The molecule has 79 heavy (non-hydrogen) atoms. The van der Waals surface area contributed by atoms with Crippen LogP contribution in [-0.4, -0.2) is 37.2 Å². The van der Waals surface area contributed by atoms with Gasteiger partial charge in [0, 0.05) is 19.3 Å². The van der Waals surface area contributed by atoms with Gasteiger partial charge in [-0.3, -0.25) is 14.4 Å². The Bertz CT molecular complexity index is 1320. The molecule has 0 aliphatic heterocycles. The Morgan fingerprint density at radius 1 is 0.253 bits per heavy atom. The highest BCUT2D eigenvalue weighted by molar-refractivity contribution is 5.71. The zero-order valence-corrected chi connectivity index (χ0v) is 53.4. The summed E-state index contributed by atoms with van der Waals surface area (Å²) in [7, 11) is 0. The summed E-state index contributed by atoms with van der Waals surface area (Å²) < 4.78 is 16.9. The second-order valence-electron chi connectivity index (χ2n) is 24.1. The molecule has 0 aliphatic rings. The van der Waals surface area contributed by atoms with Gasteiger partial charge in [-0.1, -0.05) is 340 Å². The van der Waals surface area contributed by atoms with Crippen LogP contribution in [0.5, 0.6) is 0 Å². The van der Waals surface area contributed by atoms with Gasteiger partial charge in [0.05, 0.1) is 0 Å². The number of hydrogen-bond donors (Lipinski definition) is 0. The monoisotopic (exact) mass is 1110 g/mol. The molecule has 0 bridgehead atoms. The molecule has 1 unspecified atom stereocenters. The van der Waals surface area contributed by atoms with E-state index in [0.717, 1.165) is 83.5 Å². The summed E-state index contributed by atoms with van der Waals surface area (Å²) in [5.41, 5.74) is 0. The fraction of sp³-hybridized carbons (Fsp3) is 0.877. The van der Waals surface area contributed by atoms with Crippen LogP contribution in [-0.2, 0) is 28.6 Å². The molecular formula is C73H136O6. The van der Waals surface area contributed by atoms with E-state index in [2.05, 4.69) is 57.2 Å². The van der Waals surface area contributed by atoms with Crippen molar-refractivity contribution in [2.24, 2.45) is 0 Å². The summed E-state index contributed by atoms with van der Waals surface area (Å²) in [5.74, 6) is -0.874. The van der Waals surface area contributed by atoms with Crippen molar-refractivity contribution < 1.29 is 28.6 Å². The highest BCUT2D eigenvalue weighted by Crippen LogP contribution is 2.19. The number of esters is 3. The van der Waals surface area contributed by atoms with Crippen LogP contribution < -0.4 is 0 Å². The van der Waals surface area contributed by atoms with Crippen LogP contribution in [0.4, 0.5) is 0 Å². The smallest absolute Gasteiger partial charge is 0.306 e. The van der Waals surface area contributed by atoms with E-state index in [1.54, 1.807) is 0 Å². The largest absolute Gasteiger partial charge is 0.462 e. The second kappa shape index (κ2) is 68.1. The minimum Gasteiger partial charge on any atom is -0.462 e. The van der Waals surface area contributed by atoms with Crippen LogP contribution in [0.25, 0.3) is 0 Å². The predicted molar refractivity (Wildman–Crippen MR) is 344 cm³/mol. The van der Waals surface area contributed by atoms with E-state index in [9.17, 15) is 14.4 Å². The van der Waals surface area contributed by atoms with Gasteiger partial charge in [0.25, 0.3) is 0 Å². The second-order valence-corrected chi connectivity index (χ2v) is 24.1. The molecule has 0 aromatic carbocycles. The van der Waals surface area contributed by atoms with E-state index in [4.69, 9.17) is 14.2 Å². The van der Waals surface area contributed by atoms with Gasteiger partial charge in [-0.2, -0.15) is 0 Å². The number of carbonyl (C=O) groups is 3. The highest BCUT2D eigenvalue weighted by Gasteiger charge is 2.19. The van der Waals surface area contributed by atoms with Crippen LogP contribution in [0, 0.1) is 0 Å². The lowest BCUT2D eigenvalue weighted by Gasteiger charge is -2.18. The first-order valence-electron chi connectivity index (χ1n) is 35.5. The van der Waals surface area contributed by atoms with Crippen molar-refractivity contribution in [1.82, 2.24) is 0 Å². The van der Waals surface area contributed by atoms with Crippen LogP contribution in [0.1, 0.15) is 393 Å². The zero-order valence-electron chi connectivity index (χ0n) is 53.4. The Morgan fingerprint density at radius 2 is 0.468 bits per heavy atom. The first-order valence-corrected chi connectivity index (χ1v) is 35.5. The Labute approximate surface area is 493 Å². The van der Waals surface area contributed by atoms with Gasteiger partial charge < -0.3 is 14.2 Å². The number of unbranched alkanes of at least 4 members (excludes halogenated alkanes) is 49. The number of hydrogen-bond acceptors (Lipinski definition) is 6. The number of allylic oxidation sites excluding steroid dienone is 6. The molecule has 0 heterocycles. The molecule has 0 N–H and O–H groups in total. The highest BCUT2D eigenvalue weighted by atomic mass is 16.6. The molecule has 6 heteroatoms. The normalized spacial score (nSPS) is 12.2. The van der Waals surface area contributed by atoms with E-state index in [1.165, 1.54) is 270 Å². The van der Waals surface area contributed by atoms with Crippen LogP contribution in [0.2, 0.25) is 0 Å². The Kier molecular flexibility index (Phi) is 66.1. The molecule has 0 saturated carbocycles. The van der Waals surface area contributed by atoms with Gasteiger partial charge in [-0.25, -0.2) is 0 Å². The maximum Gasteiger partial charge on any atom is 0.306 e. The van der Waals surface area contributed by atoms with Gasteiger partial charge in [-0.05, 0) is 70.6 Å². The third-order valence-corrected chi connectivity index (χ3v) is 16.1. The molecule has 0 aliphatic carbocycles. The lowest BCUT2D eigenvalue weighted by atomic mass is 10.0. The zero-order chi connectivity index (χ0) is 57.1. The van der Waals surface area contributed by atoms with Crippen molar-refractivity contribution in [2.75, 3.05) is 13.2 Å². The Hall–Kier alpha value is -2.37. The molecule has 0 spiro atoms. The molecule has 6 nitrogen and oxygen atoms in total. The van der Waals surface area contributed by atoms with Crippen molar-refractivity contribution in [1.29, 1.82) is 0 Å². The summed E-state index contributed by atoms with van der Waals surface area (Å²) in [6.07, 6.45) is 84.8. The van der Waals surface area contributed by atoms with Crippen LogP contribution in [0.3, 0.4) is 0 Å². The third kappa shape index (κ3) is 66.3. The van der Waals surface area contributed by atoms with E-state index in [0.29, 0.717) is 19.3 Å². The van der Waals surface area contributed by atoms with Crippen molar-refractivity contribution in [3.05, 3.63) is 36.5 Å². The first-order chi connectivity index (χ1) is 39.0. The number of rotatable bonds is 66. The fourth-order valence-corrected chi connectivity index (χ4v) is 10.8. The van der Waals surface area contributed by atoms with Crippen LogP contribution >= 0.6 is 0 Å². The van der Waals surface area contributed by atoms with Crippen molar-refractivity contribution in [3.63, 3.8) is 0 Å². The average molecular weight is 1110 g/mol. The van der Waals surface area contributed by atoms with Gasteiger partial charge in [0.2, 0.25) is 0 Å². The van der Waals surface area contributed by atoms with Crippen LogP contribution in [0.15, 0.2) is 36.5 Å². The molecule has 0 rings (SSSR count). The lowest BCUT2D eigenvalue weighted by molar-refractivity contribution is -0.167. The molecule has 0 aromatic rings. The molecule has 0 amide bonds. The molecule has 0 radical (unpaired) electrons. The maximum absolute atomic E-state index is 12.9. The molecular weight excluding hydrogens is 973 g/mol. The molecule has 0 fully saturated rings. The summed E-state index contributed by atoms with van der Waals surface area (Å²) in [6, 6.07) is 0. The third-order valence-electron chi connectivity index (χ3n) is 16.1. The van der Waals surface area contributed by atoms with Crippen molar-refractivity contribution in [2.45, 2.75) is 399 Å². The summed E-state index contributed by atoms with van der Waals surface area (Å²) >= 11 is 0. The van der Waals surface area contributed by atoms with E-state index in [-0.39, 0.29) is 31.1 Å². The van der Waals surface area contributed by atoms with Gasteiger partial charge in [-0.15, -0.1) is 0 Å². The lowest BCUT2D eigenvalue weighted by Crippen LogP contribution is -2.30. The Balaban J connectivity index is 4.14. The molecule has 464 valence electrons. The van der Waals surface area contributed by atoms with E-state index < -0.39 is 6.10 Å². The minimum atomic E-state index is -0.781. The Morgan fingerprint density at radius 3 is 0.747 bits per heavy atom. The summed E-state index contributed by atoms with van der Waals surface area (Å²) in [4.78, 5) is 38.3. The van der Waals surface area contributed by atoms with Crippen molar-refractivity contribution in [3.8, 4) is 0 Å². The summed E-state index contributed by atoms with van der Waals surface area (Å²) in [6.45, 7) is 6.65. The van der Waals surface area contributed by atoms with E-state index >= 15 is 0 Å². The molecule has 0 aromatic heterocycles. The number of ether oxygens (including phenoxy) is 3. The molecule has 1 atom stereocenters. The van der Waals surface area contributed by atoms with Gasteiger partial charge in [0.1, 0.15) is 13.2 Å². The minimum absolute atomic E-state index is 0.0759. The maximum atomic E-state index is 12.9. The van der Waals surface area contributed by atoms with Gasteiger partial charge >= 0.3 is 17.9 Å². The van der Waals surface area contributed by atoms with Crippen molar-refractivity contribution >= 4 is 17.9 Å². The standard InChI is InChI=1S/C73H136O6/c1-4-7-10-13-16-19-22-25-28-30-31-32-33-34-35-36-37-38-39-40-41-42-43-44-46-48-51-54-57-60-63-66-72(75)78-69-70(68-77-71(74)65-62-59-56-53-50-47-27-24-21-18-15-12-9-6-3)79-73(76)67-64-61-58-55-52-49-45-29-26-23-20-17-14-11-8-5-2/h15,18,24,27,29,45,70H,4-14,16-17,19-23,25-26,28,30-44,46-69H2,1-3H3/b18-15-,27-24-,45-29-. The topological polar surface area (TPSA) is 78.9 Å². The first kappa shape index (κ1) is 76.6. The predicted octanol–water partition coefficient (Wildman–Crippen LogP) is 24.3. The average Bonchev–Trinajstić information content (AvgIpc) is 3.45. The number of carbonyl (C=O) groups excluding carboxylic acids is 3. The fourth-order valence-electron chi connectivity index (χ4n) is 10.8. The van der Waals surface area contributed by atoms with Gasteiger partial charge in [0.15, 0.2) is 6.10 Å². The molecule has 0 saturated heterocycles. The SMILES string of the molecule is CCCC/C=C\C/C=C\CCCCCCCC(=O)OCC(COC(=O)CCCCCCCCCCCCCCCCCCCCCCCCCCCCCCCCC)OC(=O)CCCCCCC/C=C\CCCCCCCCC. The van der Waals surface area contributed by atoms with E-state index in [1.807, 2.05) is 0 Å². The summed E-state index contributed by atoms with van der Waals surface area (Å²) in [5, 5.41) is 0.